The van der Waals surface area contributed by atoms with Gasteiger partial charge in [-0.25, -0.2) is 10.1 Å². The lowest BCUT2D eigenvalue weighted by atomic mass is 10.1. The van der Waals surface area contributed by atoms with E-state index in [0.29, 0.717) is 15.9 Å². The van der Waals surface area contributed by atoms with Crippen molar-refractivity contribution < 1.29 is 9.96 Å². The summed E-state index contributed by atoms with van der Waals surface area (Å²) in [6.45, 7) is 0. The summed E-state index contributed by atoms with van der Waals surface area (Å²) in [5.41, 5.74) is 11.9. The van der Waals surface area contributed by atoms with Gasteiger partial charge in [0, 0.05) is 16.9 Å². The minimum absolute atomic E-state index is 0.0634. The van der Waals surface area contributed by atoms with Crippen LogP contribution in [0.3, 0.4) is 0 Å². The summed E-state index contributed by atoms with van der Waals surface area (Å²) in [5, 5.41) is 22.5. The fourth-order valence-electron chi connectivity index (χ4n) is 2.53. The van der Waals surface area contributed by atoms with E-state index < -0.39 is 9.96 Å². The van der Waals surface area contributed by atoms with Crippen molar-refractivity contribution in [3.63, 3.8) is 0 Å². The molecule has 0 atom stereocenters. The van der Waals surface area contributed by atoms with Gasteiger partial charge in [-0.05, 0) is 30.3 Å². The molecular formula is C14H11N5O4. The van der Waals surface area contributed by atoms with Gasteiger partial charge in [0.1, 0.15) is 5.52 Å². The van der Waals surface area contributed by atoms with Gasteiger partial charge in [-0.1, -0.05) is 16.8 Å². The smallest absolute Gasteiger partial charge is 0.309 e. The number of fused-ring (bicyclic) bond motifs is 1. The molecule has 116 valence electrons. The summed E-state index contributed by atoms with van der Waals surface area (Å²) in [6, 6.07) is 10.3. The summed E-state index contributed by atoms with van der Waals surface area (Å²) in [7, 11) is 0. The van der Waals surface area contributed by atoms with E-state index in [0.717, 1.165) is 0 Å². The zero-order valence-electron chi connectivity index (χ0n) is 11.7. The van der Waals surface area contributed by atoms with E-state index in [1.54, 1.807) is 0 Å². The second kappa shape index (κ2) is 4.98. The Labute approximate surface area is 129 Å². The fourth-order valence-corrected chi connectivity index (χ4v) is 2.53. The minimum Gasteiger partial charge on any atom is -0.399 e. The van der Waals surface area contributed by atoms with E-state index >= 15 is 0 Å². The molecule has 0 saturated heterocycles. The summed E-state index contributed by atoms with van der Waals surface area (Å²) in [4.78, 5) is 22.4. The lowest BCUT2D eigenvalue weighted by Gasteiger charge is -2.02. The van der Waals surface area contributed by atoms with Gasteiger partial charge in [0.15, 0.2) is 10.7 Å². The van der Waals surface area contributed by atoms with Crippen LogP contribution < -0.4 is 11.5 Å². The van der Waals surface area contributed by atoms with Crippen LogP contribution in [-0.2, 0) is 0 Å². The van der Waals surface area contributed by atoms with Gasteiger partial charge in [0.2, 0.25) is 0 Å². The molecule has 9 nitrogen and oxygen atoms in total. The molecule has 0 fully saturated rings. The topological polar surface area (TPSA) is 143 Å². The van der Waals surface area contributed by atoms with Gasteiger partial charge in [-0.2, -0.15) is 0 Å². The molecule has 9 heteroatoms. The first-order chi connectivity index (χ1) is 10.9. The number of nitro groups is 2. The molecule has 0 saturated carbocycles. The Balaban J connectivity index is 2.49. The highest BCUT2D eigenvalue weighted by Crippen LogP contribution is 2.40. The lowest BCUT2D eigenvalue weighted by molar-refractivity contribution is -0.536. The van der Waals surface area contributed by atoms with E-state index in [-0.39, 0.29) is 28.0 Å². The maximum atomic E-state index is 11.5. The van der Waals surface area contributed by atoms with Gasteiger partial charge >= 0.3 is 5.69 Å². The van der Waals surface area contributed by atoms with Crippen molar-refractivity contribution in [2.45, 2.75) is 0 Å². The maximum absolute atomic E-state index is 11.5. The summed E-state index contributed by atoms with van der Waals surface area (Å²) >= 11 is 0. The molecule has 23 heavy (non-hydrogen) atoms. The molecule has 0 unspecified atom stereocenters. The third-order valence-corrected chi connectivity index (χ3v) is 3.47. The second-order valence-electron chi connectivity index (χ2n) is 4.90. The molecule has 0 aliphatic carbocycles. The van der Waals surface area contributed by atoms with Crippen molar-refractivity contribution in [1.29, 1.82) is 0 Å². The van der Waals surface area contributed by atoms with Crippen molar-refractivity contribution in [2.75, 3.05) is 11.5 Å². The molecule has 0 amide bonds. The quantitative estimate of drug-likeness (QED) is 0.431. The van der Waals surface area contributed by atoms with Gasteiger partial charge in [0.25, 0.3) is 0 Å². The molecule has 1 heterocycles. The zero-order chi connectivity index (χ0) is 16.7. The first-order valence-corrected chi connectivity index (χ1v) is 6.49. The van der Waals surface area contributed by atoms with Gasteiger partial charge < -0.3 is 11.5 Å². The molecule has 0 bridgehead atoms. The third-order valence-electron chi connectivity index (χ3n) is 3.47. The van der Waals surface area contributed by atoms with Crippen LogP contribution in [0.5, 0.6) is 0 Å². The van der Waals surface area contributed by atoms with Crippen LogP contribution in [0.4, 0.5) is 17.1 Å². The Morgan fingerprint density at radius 2 is 1.52 bits per heavy atom. The molecule has 3 rings (SSSR count). The third kappa shape index (κ3) is 2.20. The number of benzene rings is 2. The van der Waals surface area contributed by atoms with E-state index in [2.05, 4.69) is 0 Å². The predicted octanol–water partition coefficient (Wildman–Crippen LogP) is 2.42. The molecule has 0 aliphatic heterocycles. The van der Waals surface area contributed by atoms with Crippen LogP contribution in [0.25, 0.3) is 22.2 Å². The molecule has 4 N–H and O–H groups in total. The van der Waals surface area contributed by atoms with Crippen LogP contribution in [0, 0.1) is 20.2 Å². The van der Waals surface area contributed by atoms with Crippen molar-refractivity contribution >= 4 is 28.0 Å². The Morgan fingerprint density at radius 1 is 0.913 bits per heavy atom. The first kappa shape index (κ1) is 14.3. The van der Waals surface area contributed by atoms with Crippen molar-refractivity contribution in [3.05, 3.63) is 62.7 Å². The molecule has 2 aromatic carbocycles. The van der Waals surface area contributed by atoms with Gasteiger partial charge in [0.05, 0.1) is 10.3 Å². The number of nitrogen functional groups attached to an aromatic ring is 2. The molecule has 1 aromatic heterocycles. The number of nitrogens with zero attached hydrogens (tertiary/aromatic N) is 3. The van der Waals surface area contributed by atoms with Crippen molar-refractivity contribution in [3.8, 4) is 11.3 Å². The second-order valence-corrected chi connectivity index (χ2v) is 4.90. The number of aromatic nitrogens is 1. The Hall–Kier alpha value is -3.62. The van der Waals surface area contributed by atoms with E-state index in [1.807, 2.05) is 0 Å². The Bertz CT molecular complexity index is 946. The molecule has 0 aliphatic rings. The SMILES string of the molecule is Nc1ccc(-c2c([N+](=O)[O-])c3ccc(N)cc3n2[N+](=O)[O-])cc1. The Morgan fingerprint density at radius 3 is 2.09 bits per heavy atom. The maximum Gasteiger partial charge on any atom is 0.309 e. The average molecular weight is 313 g/mol. The highest BCUT2D eigenvalue weighted by Gasteiger charge is 2.32. The minimum atomic E-state index is -0.708. The summed E-state index contributed by atoms with van der Waals surface area (Å²) < 4.78 is 0.676. The van der Waals surface area contributed by atoms with E-state index in [4.69, 9.17) is 11.5 Å². The largest absolute Gasteiger partial charge is 0.399 e. The highest BCUT2D eigenvalue weighted by atomic mass is 16.7. The van der Waals surface area contributed by atoms with Crippen LogP contribution >= 0.6 is 0 Å². The van der Waals surface area contributed by atoms with Crippen molar-refractivity contribution in [2.24, 2.45) is 0 Å². The standard InChI is InChI=1S/C14H11N5O4/c15-9-3-1-8(2-4-9)13-14(18(20)21)11-6-5-10(16)7-12(11)17(13)19(22)23/h1-7H,15-16H2. The predicted molar refractivity (Wildman–Crippen MR) is 85.2 cm³/mol. The average Bonchev–Trinajstić information content (AvgIpc) is 2.82. The number of anilines is 2. The van der Waals surface area contributed by atoms with Gasteiger partial charge in [-0.15, -0.1) is 0 Å². The monoisotopic (exact) mass is 313 g/mol. The molecular weight excluding hydrogens is 302 g/mol. The summed E-state index contributed by atoms with van der Waals surface area (Å²) in [5.74, 6) is 0. The number of hydrogen-bond donors (Lipinski definition) is 2. The Kier molecular flexibility index (Phi) is 3.10. The molecule has 3 aromatic rings. The van der Waals surface area contributed by atoms with Crippen LogP contribution in [0.1, 0.15) is 0 Å². The van der Waals surface area contributed by atoms with Crippen LogP contribution in [0.15, 0.2) is 42.5 Å². The number of rotatable bonds is 3. The number of nitrogens with two attached hydrogens (primary N) is 2. The first-order valence-electron chi connectivity index (χ1n) is 6.49. The normalized spacial score (nSPS) is 10.8. The van der Waals surface area contributed by atoms with Crippen LogP contribution in [-0.4, -0.2) is 14.6 Å². The molecule has 0 radical (unpaired) electrons. The zero-order valence-corrected chi connectivity index (χ0v) is 11.7. The van der Waals surface area contributed by atoms with Crippen molar-refractivity contribution in [1.82, 2.24) is 4.68 Å². The lowest BCUT2D eigenvalue weighted by Crippen LogP contribution is -2.10. The summed E-state index contributed by atoms with van der Waals surface area (Å²) in [6.07, 6.45) is 0. The van der Waals surface area contributed by atoms with E-state index in [1.165, 1.54) is 42.5 Å². The number of hydrogen-bond acceptors (Lipinski definition) is 6. The fraction of sp³-hybridized carbons (Fsp3) is 0. The highest BCUT2D eigenvalue weighted by molar-refractivity contribution is 5.99. The van der Waals surface area contributed by atoms with E-state index in [9.17, 15) is 20.2 Å². The van der Waals surface area contributed by atoms with Gasteiger partial charge in [-0.3, -0.25) is 10.1 Å². The molecule has 0 spiro atoms. The van der Waals surface area contributed by atoms with Crippen LogP contribution in [0.2, 0.25) is 0 Å².